The van der Waals surface area contributed by atoms with Crippen LogP contribution in [0.25, 0.3) is 0 Å². The summed E-state index contributed by atoms with van der Waals surface area (Å²) in [6.07, 6.45) is 5.48. The molecule has 1 aliphatic rings. The molecule has 1 aromatic carbocycles. The monoisotopic (exact) mass is 248 g/mol. The van der Waals surface area contributed by atoms with Gasteiger partial charge in [0.25, 0.3) is 0 Å². The summed E-state index contributed by atoms with van der Waals surface area (Å²) in [5, 5.41) is 9.90. The summed E-state index contributed by atoms with van der Waals surface area (Å²) in [5.41, 5.74) is 1.31. The summed E-state index contributed by atoms with van der Waals surface area (Å²) in [6.45, 7) is 4.09. The maximum atomic E-state index is 9.90. The van der Waals surface area contributed by atoms with Crippen LogP contribution in [0.1, 0.15) is 57.4 Å². The van der Waals surface area contributed by atoms with Crippen LogP contribution >= 0.6 is 0 Å². The molecule has 2 rings (SSSR count). The van der Waals surface area contributed by atoms with E-state index >= 15 is 0 Å². The molecule has 2 nitrogen and oxygen atoms in total. The van der Waals surface area contributed by atoms with E-state index in [1.165, 1.54) is 18.4 Å². The van der Waals surface area contributed by atoms with Gasteiger partial charge >= 0.3 is 0 Å². The van der Waals surface area contributed by atoms with Crippen molar-refractivity contribution in [1.29, 1.82) is 0 Å². The zero-order valence-electron chi connectivity index (χ0n) is 11.4. The van der Waals surface area contributed by atoms with Gasteiger partial charge in [-0.1, -0.05) is 25.0 Å². The molecule has 1 aromatic rings. The minimum absolute atomic E-state index is 0.132. The van der Waals surface area contributed by atoms with Gasteiger partial charge in [-0.15, -0.1) is 0 Å². The standard InChI is InChI=1S/C16H24O2/c1-12(2)18-16-9-5-7-14(11-16)13-6-3-4-8-15(17)10-13/h5,7,9,11-13,15,17H,3-4,6,8,10H2,1-2H3. The average molecular weight is 248 g/mol. The predicted octanol–water partition coefficient (Wildman–Crippen LogP) is 3.88. The fourth-order valence-corrected chi connectivity index (χ4v) is 2.75. The van der Waals surface area contributed by atoms with Crippen molar-refractivity contribution in [2.45, 2.75) is 64.1 Å². The van der Waals surface area contributed by atoms with Crippen LogP contribution in [0.15, 0.2) is 24.3 Å². The maximum Gasteiger partial charge on any atom is 0.119 e. The van der Waals surface area contributed by atoms with Crippen molar-refractivity contribution < 1.29 is 9.84 Å². The molecule has 2 unspecified atom stereocenters. The zero-order chi connectivity index (χ0) is 13.0. The second-order valence-electron chi connectivity index (χ2n) is 5.61. The van der Waals surface area contributed by atoms with Crippen LogP contribution in [0.2, 0.25) is 0 Å². The van der Waals surface area contributed by atoms with E-state index in [-0.39, 0.29) is 12.2 Å². The molecular weight excluding hydrogens is 224 g/mol. The first-order valence-electron chi connectivity index (χ1n) is 7.10. The third-order valence-electron chi connectivity index (χ3n) is 3.60. The van der Waals surface area contributed by atoms with E-state index in [0.29, 0.717) is 5.92 Å². The summed E-state index contributed by atoms with van der Waals surface area (Å²) in [7, 11) is 0. The smallest absolute Gasteiger partial charge is 0.119 e. The van der Waals surface area contributed by atoms with Crippen LogP contribution in [0.5, 0.6) is 5.75 Å². The van der Waals surface area contributed by atoms with Gasteiger partial charge in [0, 0.05) is 0 Å². The average Bonchev–Trinajstić information content (AvgIpc) is 2.53. The van der Waals surface area contributed by atoms with Crippen molar-refractivity contribution in [1.82, 2.24) is 0 Å². The highest BCUT2D eigenvalue weighted by Crippen LogP contribution is 2.33. The fourth-order valence-electron chi connectivity index (χ4n) is 2.75. The molecule has 1 N–H and O–H groups in total. The normalized spacial score (nSPS) is 24.9. The number of hydrogen-bond acceptors (Lipinski definition) is 2. The molecule has 1 fully saturated rings. The summed E-state index contributed by atoms with van der Waals surface area (Å²) in [4.78, 5) is 0. The van der Waals surface area contributed by atoms with Crippen molar-refractivity contribution in [3.05, 3.63) is 29.8 Å². The molecule has 1 aliphatic carbocycles. The Balaban J connectivity index is 2.11. The second-order valence-corrected chi connectivity index (χ2v) is 5.61. The Hall–Kier alpha value is -1.02. The van der Waals surface area contributed by atoms with Gasteiger partial charge in [-0.2, -0.15) is 0 Å². The van der Waals surface area contributed by atoms with Crippen LogP contribution in [-0.4, -0.2) is 17.3 Å². The van der Waals surface area contributed by atoms with E-state index in [2.05, 4.69) is 18.2 Å². The summed E-state index contributed by atoms with van der Waals surface area (Å²) in [5.74, 6) is 1.43. The summed E-state index contributed by atoms with van der Waals surface area (Å²) >= 11 is 0. The molecule has 100 valence electrons. The highest BCUT2D eigenvalue weighted by molar-refractivity contribution is 5.31. The highest BCUT2D eigenvalue weighted by Gasteiger charge is 2.20. The van der Waals surface area contributed by atoms with Crippen molar-refractivity contribution >= 4 is 0 Å². The number of rotatable bonds is 3. The highest BCUT2D eigenvalue weighted by atomic mass is 16.5. The lowest BCUT2D eigenvalue weighted by molar-refractivity contribution is 0.151. The first-order valence-corrected chi connectivity index (χ1v) is 7.10. The number of hydrogen-bond donors (Lipinski definition) is 1. The minimum Gasteiger partial charge on any atom is -0.491 e. The molecule has 0 bridgehead atoms. The van der Waals surface area contributed by atoms with Gasteiger partial charge in [0.1, 0.15) is 5.75 Å². The quantitative estimate of drug-likeness (QED) is 0.822. The van der Waals surface area contributed by atoms with Crippen molar-refractivity contribution in [2.24, 2.45) is 0 Å². The third-order valence-corrected chi connectivity index (χ3v) is 3.60. The zero-order valence-corrected chi connectivity index (χ0v) is 11.4. The fraction of sp³-hybridized carbons (Fsp3) is 0.625. The summed E-state index contributed by atoms with van der Waals surface area (Å²) in [6, 6.07) is 8.37. The Labute approximate surface area is 110 Å². The van der Waals surface area contributed by atoms with Crippen LogP contribution in [0.3, 0.4) is 0 Å². The molecule has 2 heteroatoms. The van der Waals surface area contributed by atoms with E-state index in [1.807, 2.05) is 19.9 Å². The molecule has 0 spiro atoms. The van der Waals surface area contributed by atoms with E-state index in [0.717, 1.165) is 25.0 Å². The molecule has 0 aromatic heterocycles. The summed E-state index contributed by atoms with van der Waals surface area (Å²) < 4.78 is 5.74. The lowest BCUT2D eigenvalue weighted by atomic mass is 9.91. The van der Waals surface area contributed by atoms with Crippen LogP contribution < -0.4 is 4.74 Å². The molecule has 0 amide bonds. The number of ether oxygens (including phenoxy) is 1. The Kier molecular flexibility index (Phi) is 4.65. The number of benzene rings is 1. The maximum absolute atomic E-state index is 9.90. The molecule has 0 heterocycles. The van der Waals surface area contributed by atoms with Crippen LogP contribution in [0.4, 0.5) is 0 Å². The Bertz CT molecular complexity index is 373. The van der Waals surface area contributed by atoms with E-state index < -0.39 is 0 Å². The molecule has 18 heavy (non-hydrogen) atoms. The lowest BCUT2D eigenvalue weighted by Crippen LogP contribution is -2.10. The van der Waals surface area contributed by atoms with Gasteiger partial charge < -0.3 is 9.84 Å². The van der Waals surface area contributed by atoms with E-state index in [4.69, 9.17) is 4.74 Å². The molecule has 2 atom stereocenters. The Morgan fingerprint density at radius 2 is 2.00 bits per heavy atom. The van der Waals surface area contributed by atoms with Gasteiger partial charge in [-0.3, -0.25) is 0 Å². The predicted molar refractivity (Wildman–Crippen MR) is 74.0 cm³/mol. The van der Waals surface area contributed by atoms with Gasteiger partial charge in [0.15, 0.2) is 0 Å². The van der Waals surface area contributed by atoms with Gasteiger partial charge in [0.2, 0.25) is 0 Å². The number of aliphatic hydroxyl groups excluding tert-OH is 1. The lowest BCUT2D eigenvalue weighted by Gasteiger charge is -2.18. The van der Waals surface area contributed by atoms with Gasteiger partial charge in [0.05, 0.1) is 12.2 Å². The Morgan fingerprint density at radius 3 is 2.78 bits per heavy atom. The van der Waals surface area contributed by atoms with Crippen molar-refractivity contribution in [3.8, 4) is 5.75 Å². The Morgan fingerprint density at radius 1 is 1.22 bits per heavy atom. The second kappa shape index (κ2) is 6.24. The van der Waals surface area contributed by atoms with E-state index in [9.17, 15) is 5.11 Å². The third kappa shape index (κ3) is 3.74. The SMILES string of the molecule is CC(C)Oc1cccc(C2CCCCC(O)C2)c1. The molecule has 0 aliphatic heterocycles. The molecule has 0 radical (unpaired) electrons. The minimum atomic E-state index is -0.132. The molecule has 1 saturated carbocycles. The van der Waals surface area contributed by atoms with Crippen LogP contribution in [0, 0.1) is 0 Å². The van der Waals surface area contributed by atoms with Crippen LogP contribution in [-0.2, 0) is 0 Å². The van der Waals surface area contributed by atoms with E-state index in [1.54, 1.807) is 0 Å². The van der Waals surface area contributed by atoms with Gasteiger partial charge in [-0.05, 0) is 56.7 Å². The topological polar surface area (TPSA) is 29.5 Å². The first-order chi connectivity index (χ1) is 8.65. The first kappa shape index (κ1) is 13.4. The largest absolute Gasteiger partial charge is 0.491 e. The van der Waals surface area contributed by atoms with Gasteiger partial charge in [-0.25, -0.2) is 0 Å². The molecular formula is C16H24O2. The number of aliphatic hydroxyl groups is 1. The van der Waals surface area contributed by atoms with Crippen molar-refractivity contribution in [3.63, 3.8) is 0 Å². The van der Waals surface area contributed by atoms with Crippen molar-refractivity contribution in [2.75, 3.05) is 0 Å². The molecule has 0 saturated heterocycles.